The van der Waals surface area contributed by atoms with E-state index in [0.29, 0.717) is 6.54 Å². The maximum Gasteiger partial charge on any atom is 0.216 e. The van der Waals surface area contributed by atoms with E-state index in [1.165, 1.54) is 31.5 Å². The maximum atomic E-state index is 11.3. The fourth-order valence-corrected chi connectivity index (χ4v) is 4.02. The fraction of sp³-hybridized carbons (Fsp3) is 0.667. The van der Waals surface area contributed by atoms with Crippen molar-refractivity contribution >= 4 is 5.91 Å². The molecule has 0 saturated carbocycles. The number of nitrogens with zero attached hydrogens (tertiary/aromatic N) is 1. The van der Waals surface area contributed by atoms with Crippen molar-refractivity contribution in [2.24, 2.45) is 0 Å². The monoisotopic (exact) mass is 375 g/mol. The number of hydrogen-bond acceptors (Lipinski definition) is 5. The molecule has 3 atom stereocenters. The van der Waals surface area contributed by atoms with Crippen molar-refractivity contribution in [1.82, 2.24) is 15.5 Å². The van der Waals surface area contributed by atoms with Crippen LogP contribution in [0.25, 0.3) is 0 Å². The van der Waals surface area contributed by atoms with Gasteiger partial charge in [0.05, 0.1) is 6.04 Å². The van der Waals surface area contributed by atoms with E-state index in [9.17, 15) is 4.79 Å². The molecule has 3 aliphatic rings. The van der Waals surface area contributed by atoms with Crippen molar-refractivity contribution in [2.45, 2.75) is 64.2 Å². The average Bonchev–Trinajstić information content (AvgIpc) is 3.32. The summed E-state index contributed by atoms with van der Waals surface area (Å²) in [6.07, 6.45) is 2.85. The molecule has 3 fully saturated rings. The van der Waals surface area contributed by atoms with Gasteiger partial charge in [-0.1, -0.05) is 30.3 Å². The number of nitrogens with one attached hydrogen (secondary N) is 2. The van der Waals surface area contributed by atoms with Crippen LogP contribution < -0.4 is 10.6 Å². The van der Waals surface area contributed by atoms with E-state index in [0.717, 1.165) is 13.1 Å². The first-order valence-corrected chi connectivity index (χ1v) is 10.0. The van der Waals surface area contributed by atoms with Gasteiger partial charge in [0, 0.05) is 26.6 Å². The zero-order valence-corrected chi connectivity index (χ0v) is 16.7. The Morgan fingerprint density at radius 2 is 1.93 bits per heavy atom. The SMILES string of the molecule is C1CCNC1.CC(=O)NC[C@H]1[C@H]2OC(C)(C)O[C@H]2CN1Cc1ccccc1. The highest BCUT2D eigenvalue weighted by Gasteiger charge is 2.52. The highest BCUT2D eigenvalue weighted by Crippen LogP contribution is 2.37. The number of amides is 1. The highest BCUT2D eigenvalue weighted by atomic mass is 16.8. The maximum absolute atomic E-state index is 11.3. The first-order chi connectivity index (χ1) is 12.9. The summed E-state index contributed by atoms with van der Waals surface area (Å²) in [4.78, 5) is 13.6. The number of fused-ring (bicyclic) bond motifs is 1. The van der Waals surface area contributed by atoms with Crippen LogP contribution in [0.15, 0.2) is 30.3 Å². The summed E-state index contributed by atoms with van der Waals surface area (Å²) in [5, 5.41) is 6.15. The third-order valence-corrected chi connectivity index (χ3v) is 5.23. The van der Waals surface area contributed by atoms with Crippen LogP contribution in [0.3, 0.4) is 0 Å². The largest absolute Gasteiger partial charge is 0.355 e. The number of ether oxygens (including phenoxy) is 2. The smallest absolute Gasteiger partial charge is 0.216 e. The molecule has 0 aromatic heterocycles. The van der Waals surface area contributed by atoms with E-state index in [1.54, 1.807) is 6.92 Å². The highest BCUT2D eigenvalue weighted by molar-refractivity contribution is 5.72. The summed E-state index contributed by atoms with van der Waals surface area (Å²) < 4.78 is 12.1. The standard InChI is InChI=1S/C17H24N2O3.C4H9N/c1-12(20)18-9-14-16-15(21-17(2,3)22-16)11-19(14)10-13-7-5-4-6-8-13;1-2-4-5-3-1/h4-8,14-16H,9-11H2,1-3H3,(H,18,20);5H,1-4H2/t14-,15-,16+;/m0./s1. The molecule has 0 unspecified atom stereocenters. The molecule has 27 heavy (non-hydrogen) atoms. The van der Waals surface area contributed by atoms with Crippen molar-refractivity contribution < 1.29 is 14.3 Å². The van der Waals surface area contributed by atoms with Gasteiger partial charge in [-0.2, -0.15) is 0 Å². The van der Waals surface area contributed by atoms with Gasteiger partial charge in [-0.05, 0) is 45.3 Å². The zero-order valence-electron chi connectivity index (χ0n) is 16.7. The predicted octanol–water partition coefficient (Wildman–Crippen LogP) is 1.90. The molecule has 2 N–H and O–H groups in total. The van der Waals surface area contributed by atoms with Crippen LogP contribution in [0.4, 0.5) is 0 Å². The molecular weight excluding hydrogens is 342 g/mol. The van der Waals surface area contributed by atoms with Gasteiger partial charge in [0.25, 0.3) is 0 Å². The molecule has 3 saturated heterocycles. The molecule has 3 aliphatic heterocycles. The van der Waals surface area contributed by atoms with Crippen LogP contribution in [0.5, 0.6) is 0 Å². The lowest BCUT2D eigenvalue weighted by Crippen LogP contribution is -2.45. The molecule has 0 aliphatic carbocycles. The number of carbonyl (C=O) groups is 1. The summed E-state index contributed by atoms with van der Waals surface area (Å²) in [7, 11) is 0. The van der Waals surface area contributed by atoms with Crippen molar-refractivity contribution in [2.75, 3.05) is 26.2 Å². The van der Waals surface area contributed by atoms with Gasteiger partial charge in [-0.3, -0.25) is 9.69 Å². The average molecular weight is 376 g/mol. The fourth-order valence-electron chi connectivity index (χ4n) is 4.02. The summed E-state index contributed by atoms with van der Waals surface area (Å²) in [6, 6.07) is 10.5. The Bertz CT molecular complexity index is 596. The molecule has 6 heteroatoms. The van der Waals surface area contributed by atoms with Gasteiger partial charge < -0.3 is 20.1 Å². The lowest BCUT2D eigenvalue weighted by Gasteiger charge is -2.29. The zero-order chi connectivity index (χ0) is 19.3. The first kappa shape index (κ1) is 20.3. The molecule has 4 rings (SSSR count). The van der Waals surface area contributed by atoms with Crippen LogP contribution in [0.2, 0.25) is 0 Å². The summed E-state index contributed by atoms with van der Waals surface area (Å²) in [6.45, 7) is 10.2. The lowest BCUT2D eigenvalue weighted by molar-refractivity contribution is -0.161. The Morgan fingerprint density at radius 3 is 2.52 bits per heavy atom. The molecule has 3 heterocycles. The summed E-state index contributed by atoms with van der Waals surface area (Å²) in [5.74, 6) is -0.552. The molecule has 1 amide bonds. The van der Waals surface area contributed by atoms with Crippen molar-refractivity contribution in [3.8, 4) is 0 Å². The van der Waals surface area contributed by atoms with Crippen molar-refractivity contribution in [3.05, 3.63) is 35.9 Å². The number of carbonyl (C=O) groups excluding carboxylic acids is 1. The topological polar surface area (TPSA) is 62.8 Å². The van der Waals surface area contributed by atoms with Crippen molar-refractivity contribution in [3.63, 3.8) is 0 Å². The third-order valence-electron chi connectivity index (χ3n) is 5.23. The third kappa shape index (κ3) is 5.75. The van der Waals surface area contributed by atoms with Gasteiger partial charge in [-0.15, -0.1) is 0 Å². The predicted molar refractivity (Wildman–Crippen MR) is 105 cm³/mol. The molecule has 0 spiro atoms. The minimum absolute atomic E-state index is 0.00515. The number of rotatable bonds is 4. The second kappa shape index (κ2) is 9.15. The van der Waals surface area contributed by atoms with Crippen LogP contribution in [0, 0.1) is 0 Å². The molecule has 1 aromatic carbocycles. The minimum atomic E-state index is -0.539. The molecule has 150 valence electrons. The Kier molecular flexibility index (Phi) is 6.87. The molecular formula is C21H33N3O3. The van der Waals surface area contributed by atoms with E-state index >= 15 is 0 Å². The van der Waals surface area contributed by atoms with E-state index in [2.05, 4.69) is 27.7 Å². The normalized spacial score (nSPS) is 29.1. The van der Waals surface area contributed by atoms with Gasteiger partial charge in [-0.25, -0.2) is 0 Å². The van der Waals surface area contributed by atoms with Crippen LogP contribution >= 0.6 is 0 Å². The minimum Gasteiger partial charge on any atom is -0.355 e. The Labute approximate surface area is 162 Å². The second-order valence-corrected chi connectivity index (χ2v) is 8.02. The van der Waals surface area contributed by atoms with E-state index < -0.39 is 5.79 Å². The quantitative estimate of drug-likeness (QED) is 0.842. The summed E-state index contributed by atoms with van der Waals surface area (Å²) >= 11 is 0. The molecule has 0 radical (unpaired) electrons. The van der Waals surface area contributed by atoms with Crippen LogP contribution in [-0.2, 0) is 20.8 Å². The van der Waals surface area contributed by atoms with Crippen LogP contribution in [0.1, 0.15) is 39.2 Å². The molecule has 1 aromatic rings. The number of likely N-dealkylation sites (tertiary alicyclic amines) is 1. The first-order valence-electron chi connectivity index (χ1n) is 10.0. The Balaban J connectivity index is 0.000000364. The van der Waals surface area contributed by atoms with Gasteiger partial charge in [0.2, 0.25) is 5.91 Å². The Morgan fingerprint density at radius 1 is 1.22 bits per heavy atom. The van der Waals surface area contributed by atoms with E-state index in [-0.39, 0.29) is 24.2 Å². The van der Waals surface area contributed by atoms with Crippen molar-refractivity contribution in [1.29, 1.82) is 0 Å². The number of benzene rings is 1. The molecule has 6 nitrogen and oxygen atoms in total. The summed E-state index contributed by atoms with van der Waals surface area (Å²) in [5.41, 5.74) is 1.26. The Hall–Kier alpha value is -1.47. The van der Waals surface area contributed by atoms with E-state index in [1.807, 2.05) is 32.0 Å². The van der Waals surface area contributed by atoms with Gasteiger partial charge in [0.1, 0.15) is 12.2 Å². The van der Waals surface area contributed by atoms with E-state index in [4.69, 9.17) is 9.47 Å². The molecule has 0 bridgehead atoms. The van der Waals surface area contributed by atoms with Gasteiger partial charge in [0.15, 0.2) is 5.79 Å². The van der Waals surface area contributed by atoms with Gasteiger partial charge >= 0.3 is 0 Å². The second-order valence-electron chi connectivity index (χ2n) is 8.02. The number of hydrogen-bond donors (Lipinski definition) is 2. The lowest BCUT2D eigenvalue weighted by atomic mass is 10.1. The van der Waals surface area contributed by atoms with Crippen LogP contribution in [-0.4, -0.2) is 61.0 Å².